The van der Waals surface area contributed by atoms with E-state index in [0.717, 1.165) is 30.5 Å². The summed E-state index contributed by atoms with van der Waals surface area (Å²) in [5, 5.41) is 2.84. The van der Waals surface area contributed by atoms with Crippen molar-refractivity contribution in [1.82, 2.24) is 0 Å². The van der Waals surface area contributed by atoms with Crippen LogP contribution in [0.1, 0.15) is 48.5 Å². The molecule has 2 aromatic carbocycles. The number of ether oxygens (including phenoxy) is 1. The predicted octanol–water partition coefficient (Wildman–Crippen LogP) is 4.33. The average Bonchev–Trinajstić information content (AvgIpc) is 3.13. The van der Waals surface area contributed by atoms with Gasteiger partial charge in [-0.3, -0.25) is 9.59 Å². The third-order valence-corrected chi connectivity index (χ3v) is 5.18. The van der Waals surface area contributed by atoms with Crippen LogP contribution in [0.25, 0.3) is 0 Å². The Bertz CT molecular complexity index is 908. The van der Waals surface area contributed by atoms with Crippen LogP contribution in [0.4, 0.5) is 11.4 Å². The smallest absolute Gasteiger partial charge is 0.338 e. The van der Waals surface area contributed by atoms with Crippen molar-refractivity contribution in [3.8, 4) is 0 Å². The van der Waals surface area contributed by atoms with E-state index >= 15 is 0 Å². The maximum atomic E-state index is 12.6. The van der Waals surface area contributed by atoms with Crippen molar-refractivity contribution in [2.24, 2.45) is 5.92 Å². The zero-order valence-electron chi connectivity index (χ0n) is 17.5. The number of unbranched alkanes of at least 4 members (excludes halogenated alkanes) is 2. The number of benzene rings is 2. The summed E-state index contributed by atoms with van der Waals surface area (Å²) in [6.07, 6.45) is 3.14. The highest BCUT2D eigenvalue weighted by molar-refractivity contribution is 6.03. The molecule has 0 bridgehead atoms. The van der Waals surface area contributed by atoms with Gasteiger partial charge in [0, 0.05) is 24.3 Å². The molecule has 30 heavy (non-hydrogen) atoms. The summed E-state index contributed by atoms with van der Waals surface area (Å²) in [6.45, 7) is 4.84. The summed E-state index contributed by atoms with van der Waals surface area (Å²) < 4.78 is 5.24. The number of esters is 1. The lowest BCUT2D eigenvalue weighted by Gasteiger charge is -2.17. The zero-order valence-corrected chi connectivity index (χ0v) is 17.5. The second-order valence-corrected chi connectivity index (χ2v) is 7.65. The number of nitrogens with one attached hydrogen (secondary N) is 1. The molecule has 6 heteroatoms. The van der Waals surface area contributed by atoms with Gasteiger partial charge in [-0.2, -0.15) is 0 Å². The van der Waals surface area contributed by atoms with Gasteiger partial charge in [-0.25, -0.2) is 4.79 Å². The van der Waals surface area contributed by atoms with Gasteiger partial charge in [0.1, 0.15) is 0 Å². The summed E-state index contributed by atoms with van der Waals surface area (Å²) in [6, 6.07) is 14.3. The average molecular weight is 408 g/mol. The van der Waals surface area contributed by atoms with Crippen molar-refractivity contribution < 1.29 is 19.1 Å². The van der Waals surface area contributed by atoms with E-state index in [1.165, 1.54) is 0 Å². The molecular formula is C24H28N2O4. The highest BCUT2D eigenvalue weighted by Gasteiger charge is 2.35. The molecule has 0 radical (unpaired) electrons. The van der Waals surface area contributed by atoms with E-state index in [1.54, 1.807) is 29.2 Å². The van der Waals surface area contributed by atoms with Crippen LogP contribution < -0.4 is 10.2 Å². The van der Waals surface area contributed by atoms with Crippen LogP contribution in [0.15, 0.2) is 48.5 Å². The number of rotatable bonds is 8. The van der Waals surface area contributed by atoms with Gasteiger partial charge in [0.05, 0.1) is 18.1 Å². The molecular weight excluding hydrogens is 380 g/mol. The minimum Gasteiger partial charge on any atom is -0.462 e. The Morgan fingerprint density at radius 3 is 2.60 bits per heavy atom. The summed E-state index contributed by atoms with van der Waals surface area (Å²) in [4.78, 5) is 38.7. The number of aryl methyl sites for hydroxylation is 1. The molecule has 2 amide bonds. The fourth-order valence-electron chi connectivity index (χ4n) is 3.46. The highest BCUT2D eigenvalue weighted by Crippen LogP contribution is 2.26. The molecule has 0 aliphatic carbocycles. The first-order valence-electron chi connectivity index (χ1n) is 10.4. The first kappa shape index (κ1) is 21.6. The van der Waals surface area contributed by atoms with Crippen LogP contribution in [0.2, 0.25) is 0 Å². The number of hydrogen-bond acceptors (Lipinski definition) is 4. The Balaban J connectivity index is 1.54. The van der Waals surface area contributed by atoms with E-state index in [9.17, 15) is 14.4 Å². The van der Waals surface area contributed by atoms with E-state index in [2.05, 4.69) is 12.2 Å². The van der Waals surface area contributed by atoms with Crippen molar-refractivity contribution in [2.45, 2.75) is 39.5 Å². The van der Waals surface area contributed by atoms with Gasteiger partial charge in [0.2, 0.25) is 11.8 Å². The van der Waals surface area contributed by atoms with E-state index in [1.807, 2.05) is 31.2 Å². The Hall–Kier alpha value is -3.15. The minimum absolute atomic E-state index is 0.0538. The number of hydrogen-bond donors (Lipinski definition) is 1. The number of carbonyl (C=O) groups excluding carboxylic acids is 3. The molecule has 3 rings (SSSR count). The maximum absolute atomic E-state index is 12.6. The molecule has 0 spiro atoms. The van der Waals surface area contributed by atoms with Gasteiger partial charge in [0.15, 0.2) is 0 Å². The second kappa shape index (κ2) is 10.1. The van der Waals surface area contributed by atoms with E-state index in [4.69, 9.17) is 4.74 Å². The lowest BCUT2D eigenvalue weighted by Crippen LogP contribution is -2.28. The number of carbonyl (C=O) groups is 3. The van der Waals surface area contributed by atoms with Crippen molar-refractivity contribution >= 4 is 29.2 Å². The lowest BCUT2D eigenvalue weighted by molar-refractivity contribution is -0.122. The number of nitrogens with zero attached hydrogens (tertiary/aromatic N) is 1. The molecule has 0 aromatic heterocycles. The summed E-state index contributed by atoms with van der Waals surface area (Å²) >= 11 is 0. The molecule has 1 atom stereocenters. The third-order valence-electron chi connectivity index (χ3n) is 5.18. The second-order valence-electron chi connectivity index (χ2n) is 7.65. The van der Waals surface area contributed by atoms with Crippen LogP contribution in [-0.4, -0.2) is 30.9 Å². The summed E-state index contributed by atoms with van der Waals surface area (Å²) in [7, 11) is 0. The van der Waals surface area contributed by atoms with E-state index in [-0.39, 0.29) is 24.2 Å². The largest absolute Gasteiger partial charge is 0.462 e. The molecule has 1 fully saturated rings. The topological polar surface area (TPSA) is 75.7 Å². The first-order valence-corrected chi connectivity index (χ1v) is 10.4. The Kier molecular flexibility index (Phi) is 7.22. The molecule has 0 saturated carbocycles. The number of anilines is 2. The molecule has 2 aromatic rings. The van der Waals surface area contributed by atoms with Gasteiger partial charge >= 0.3 is 5.97 Å². The quantitative estimate of drug-likeness (QED) is 0.521. The van der Waals surface area contributed by atoms with Crippen molar-refractivity contribution in [3.63, 3.8) is 0 Å². The molecule has 158 valence electrons. The fraction of sp³-hybridized carbons (Fsp3) is 0.375. The lowest BCUT2D eigenvalue weighted by atomic mass is 10.1. The third kappa shape index (κ3) is 5.47. The highest BCUT2D eigenvalue weighted by atomic mass is 16.5. The predicted molar refractivity (Wildman–Crippen MR) is 117 cm³/mol. The molecule has 1 saturated heterocycles. The SMILES string of the molecule is CCCCCOC(=O)c1ccc(NC(=O)[C@H]2CC(=O)N(c3cccc(C)c3)C2)cc1. The maximum Gasteiger partial charge on any atom is 0.338 e. The number of amides is 2. The molecule has 1 heterocycles. The first-order chi connectivity index (χ1) is 14.5. The van der Waals surface area contributed by atoms with Crippen molar-refractivity contribution in [1.29, 1.82) is 0 Å². The Labute approximate surface area is 177 Å². The fourth-order valence-corrected chi connectivity index (χ4v) is 3.46. The molecule has 0 unspecified atom stereocenters. The van der Waals surface area contributed by atoms with Crippen molar-refractivity contribution in [2.75, 3.05) is 23.4 Å². The molecule has 1 aliphatic rings. The van der Waals surface area contributed by atoms with Crippen molar-refractivity contribution in [3.05, 3.63) is 59.7 Å². The van der Waals surface area contributed by atoms with Crippen LogP contribution in [0.3, 0.4) is 0 Å². The van der Waals surface area contributed by atoms with Gasteiger partial charge < -0.3 is 15.0 Å². The van der Waals surface area contributed by atoms with E-state index < -0.39 is 5.92 Å². The van der Waals surface area contributed by atoms with Gasteiger partial charge in [-0.15, -0.1) is 0 Å². The van der Waals surface area contributed by atoms with E-state index in [0.29, 0.717) is 24.4 Å². The Morgan fingerprint density at radius 2 is 1.90 bits per heavy atom. The monoisotopic (exact) mass is 408 g/mol. The van der Waals surface area contributed by atoms with Crippen LogP contribution in [0.5, 0.6) is 0 Å². The molecule has 1 aliphatic heterocycles. The summed E-state index contributed by atoms with van der Waals surface area (Å²) in [5.74, 6) is -1.03. The normalized spacial score (nSPS) is 15.9. The van der Waals surface area contributed by atoms with Crippen LogP contribution in [0, 0.1) is 12.8 Å². The molecule has 6 nitrogen and oxygen atoms in total. The zero-order chi connectivity index (χ0) is 21.5. The summed E-state index contributed by atoms with van der Waals surface area (Å²) in [5.41, 5.74) is 2.92. The standard InChI is InChI=1S/C24H28N2O4/c1-3-4-5-13-30-24(29)18-9-11-20(12-10-18)25-23(28)19-15-22(27)26(16-19)21-8-6-7-17(2)14-21/h6-12,14,19H,3-5,13,15-16H2,1-2H3,(H,25,28)/t19-/m0/s1. The van der Waals surface area contributed by atoms with Gasteiger partial charge in [-0.05, 0) is 55.3 Å². The molecule has 1 N–H and O–H groups in total. The van der Waals surface area contributed by atoms with Gasteiger partial charge in [0.25, 0.3) is 0 Å². The van der Waals surface area contributed by atoms with Gasteiger partial charge in [-0.1, -0.05) is 31.9 Å². The van der Waals surface area contributed by atoms with Crippen LogP contribution >= 0.6 is 0 Å². The Morgan fingerprint density at radius 1 is 1.13 bits per heavy atom. The minimum atomic E-state index is -0.416. The van der Waals surface area contributed by atoms with Crippen LogP contribution in [-0.2, 0) is 14.3 Å².